The third-order valence-corrected chi connectivity index (χ3v) is 1.98. The van der Waals surface area contributed by atoms with Crippen molar-refractivity contribution in [1.29, 1.82) is 5.41 Å². The van der Waals surface area contributed by atoms with Gasteiger partial charge < -0.3 is 4.74 Å². The molecule has 1 unspecified atom stereocenters. The number of aromatic nitrogens is 4. The van der Waals surface area contributed by atoms with Gasteiger partial charge in [0.05, 0.1) is 0 Å². The van der Waals surface area contributed by atoms with Crippen molar-refractivity contribution in [2.75, 3.05) is 0 Å². The molecule has 1 heterocycles. The predicted octanol–water partition coefficient (Wildman–Crippen LogP) is 1.05. The summed E-state index contributed by atoms with van der Waals surface area (Å²) >= 11 is 0. The molecule has 7 heteroatoms. The minimum Gasteiger partial charge on any atom is -0.456 e. The van der Waals surface area contributed by atoms with Crippen LogP contribution in [0.3, 0.4) is 0 Å². The van der Waals surface area contributed by atoms with E-state index >= 15 is 0 Å². The fraction of sp³-hybridized carbons (Fsp3) is 0.700. The van der Waals surface area contributed by atoms with Gasteiger partial charge in [-0.1, -0.05) is 6.92 Å². The van der Waals surface area contributed by atoms with Crippen molar-refractivity contribution in [1.82, 2.24) is 20.6 Å². The van der Waals surface area contributed by atoms with Crippen LogP contribution in [0, 0.1) is 5.41 Å². The summed E-state index contributed by atoms with van der Waals surface area (Å²) in [4.78, 5) is 11.6. The van der Waals surface area contributed by atoms with E-state index in [1.165, 1.54) is 0 Å². The van der Waals surface area contributed by atoms with Crippen LogP contribution in [-0.2, 0) is 9.53 Å². The second-order valence-corrected chi connectivity index (χ2v) is 4.87. The molecule has 2 N–H and O–H groups in total. The largest absolute Gasteiger partial charge is 0.456 e. The highest BCUT2D eigenvalue weighted by atomic mass is 16.6. The molecule has 0 aliphatic heterocycles. The van der Waals surface area contributed by atoms with Crippen LogP contribution >= 0.6 is 0 Å². The molecule has 1 aromatic rings. The monoisotopic (exact) mass is 239 g/mol. The van der Waals surface area contributed by atoms with Gasteiger partial charge in [0.1, 0.15) is 11.3 Å². The molecular weight excluding hydrogens is 222 g/mol. The van der Waals surface area contributed by atoms with E-state index in [4.69, 9.17) is 10.1 Å². The molecule has 0 aromatic carbocycles. The summed E-state index contributed by atoms with van der Waals surface area (Å²) in [6.07, 6.45) is 0.242. The number of esters is 1. The molecular formula is C10H17N5O2. The smallest absolute Gasteiger partial charge is 0.352 e. The number of carbonyl (C=O) groups is 1. The highest BCUT2D eigenvalue weighted by Gasteiger charge is 2.22. The Morgan fingerprint density at radius 2 is 2.18 bits per heavy atom. The van der Waals surface area contributed by atoms with E-state index in [0.29, 0.717) is 5.82 Å². The molecule has 17 heavy (non-hydrogen) atoms. The van der Waals surface area contributed by atoms with Crippen LogP contribution in [0.4, 0.5) is 0 Å². The summed E-state index contributed by atoms with van der Waals surface area (Å²) in [5.74, 6) is -0.167. The molecule has 0 bridgehead atoms. The van der Waals surface area contributed by atoms with E-state index in [0.717, 1.165) is 0 Å². The molecule has 7 nitrogen and oxygen atoms in total. The minimum absolute atomic E-state index is 0.0798. The standard InChI is InChI=1S/C10H17N5O2/c1-6(8-12-14-15-13-8)5-7(11)9(16)17-10(2,3)4/h6,11H,5H2,1-4H3,(H,12,13,14,15). The van der Waals surface area contributed by atoms with Gasteiger partial charge in [0, 0.05) is 12.3 Å². The first kappa shape index (κ1) is 13.3. The lowest BCUT2D eigenvalue weighted by molar-refractivity contribution is -0.146. The number of tetrazole rings is 1. The zero-order chi connectivity index (χ0) is 13.1. The first-order chi connectivity index (χ1) is 7.79. The molecule has 0 saturated carbocycles. The van der Waals surface area contributed by atoms with Gasteiger partial charge in [-0.05, 0) is 31.2 Å². The zero-order valence-electron chi connectivity index (χ0n) is 10.4. The van der Waals surface area contributed by atoms with Crippen molar-refractivity contribution in [3.8, 4) is 0 Å². The van der Waals surface area contributed by atoms with Crippen molar-refractivity contribution in [2.45, 2.75) is 45.6 Å². The lowest BCUT2D eigenvalue weighted by atomic mass is 10.0. The quantitative estimate of drug-likeness (QED) is 0.603. The second kappa shape index (κ2) is 5.03. The average Bonchev–Trinajstić information content (AvgIpc) is 2.67. The third-order valence-electron chi connectivity index (χ3n) is 1.98. The van der Waals surface area contributed by atoms with Gasteiger partial charge in [0.2, 0.25) is 0 Å². The van der Waals surface area contributed by atoms with E-state index in [9.17, 15) is 4.79 Å². The summed E-state index contributed by atoms with van der Waals surface area (Å²) in [6, 6.07) is 0. The van der Waals surface area contributed by atoms with Crippen molar-refractivity contribution in [2.24, 2.45) is 0 Å². The van der Waals surface area contributed by atoms with Crippen LogP contribution in [-0.4, -0.2) is 37.9 Å². The number of hydrogen-bond donors (Lipinski definition) is 2. The molecule has 94 valence electrons. The molecule has 0 fully saturated rings. The predicted molar refractivity (Wildman–Crippen MR) is 60.8 cm³/mol. The normalized spacial score (nSPS) is 13.2. The summed E-state index contributed by atoms with van der Waals surface area (Å²) in [7, 11) is 0. The Kier molecular flexibility index (Phi) is 3.93. The molecule has 0 aliphatic carbocycles. The van der Waals surface area contributed by atoms with Crippen molar-refractivity contribution < 1.29 is 9.53 Å². The van der Waals surface area contributed by atoms with Gasteiger partial charge in [0.25, 0.3) is 0 Å². The molecule has 0 saturated heterocycles. The van der Waals surface area contributed by atoms with Gasteiger partial charge in [-0.2, -0.15) is 0 Å². The number of ether oxygens (including phenoxy) is 1. The summed E-state index contributed by atoms with van der Waals surface area (Å²) < 4.78 is 5.09. The number of H-pyrrole nitrogens is 1. The SMILES string of the molecule is CC(CC(=N)C(=O)OC(C)(C)C)c1nnn[nH]1. The highest BCUT2D eigenvalue weighted by Crippen LogP contribution is 2.15. The number of aromatic amines is 1. The lowest BCUT2D eigenvalue weighted by Gasteiger charge is -2.20. The Hall–Kier alpha value is -1.79. The van der Waals surface area contributed by atoms with Crippen LogP contribution in [0.25, 0.3) is 0 Å². The third kappa shape index (κ3) is 4.29. The average molecular weight is 239 g/mol. The van der Waals surface area contributed by atoms with Crippen LogP contribution in [0.2, 0.25) is 0 Å². The van der Waals surface area contributed by atoms with E-state index < -0.39 is 11.6 Å². The van der Waals surface area contributed by atoms with E-state index in [1.54, 1.807) is 20.8 Å². The summed E-state index contributed by atoms with van der Waals surface area (Å²) in [5.41, 5.74) is -0.663. The van der Waals surface area contributed by atoms with E-state index in [2.05, 4.69) is 20.6 Å². The summed E-state index contributed by atoms with van der Waals surface area (Å²) in [5, 5.41) is 20.9. The maximum absolute atomic E-state index is 11.6. The first-order valence-electron chi connectivity index (χ1n) is 5.34. The fourth-order valence-electron chi connectivity index (χ4n) is 1.20. The van der Waals surface area contributed by atoms with Gasteiger partial charge in [-0.25, -0.2) is 9.89 Å². The highest BCUT2D eigenvalue weighted by molar-refractivity contribution is 6.35. The molecule has 1 rings (SSSR count). The Morgan fingerprint density at radius 3 is 2.65 bits per heavy atom. The molecule has 1 aromatic heterocycles. The first-order valence-corrected chi connectivity index (χ1v) is 5.34. The van der Waals surface area contributed by atoms with Crippen molar-refractivity contribution in [3.63, 3.8) is 0 Å². The molecule has 1 atom stereocenters. The maximum Gasteiger partial charge on any atom is 0.352 e. The van der Waals surface area contributed by atoms with Crippen LogP contribution in [0.15, 0.2) is 0 Å². The van der Waals surface area contributed by atoms with Crippen LogP contribution in [0.5, 0.6) is 0 Å². The number of nitrogens with zero attached hydrogens (tertiary/aromatic N) is 3. The van der Waals surface area contributed by atoms with Crippen molar-refractivity contribution in [3.05, 3.63) is 5.82 Å². The molecule has 0 aliphatic rings. The topological polar surface area (TPSA) is 105 Å². The fourth-order valence-corrected chi connectivity index (χ4v) is 1.20. The molecule has 0 spiro atoms. The number of hydrogen-bond acceptors (Lipinski definition) is 6. The summed E-state index contributed by atoms with van der Waals surface area (Å²) in [6.45, 7) is 7.13. The van der Waals surface area contributed by atoms with Gasteiger partial charge in [-0.3, -0.25) is 5.41 Å². The Balaban J connectivity index is 2.52. The minimum atomic E-state index is -0.600. The van der Waals surface area contributed by atoms with E-state index in [1.807, 2.05) is 6.92 Å². The van der Waals surface area contributed by atoms with E-state index in [-0.39, 0.29) is 18.1 Å². The lowest BCUT2D eigenvalue weighted by Crippen LogP contribution is -2.29. The van der Waals surface area contributed by atoms with Gasteiger partial charge in [0.15, 0.2) is 5.82 Å². The number of rotatable bonds is 4. The second-order valence-electron chi connectivity index (χ2n) is 4.87. The number of nitrogens with one attached hydrogen (secondary N) is 2. The maximum atomic E-state index is 11.6. The Labute approximate surface area is 99.4 Å². The molecule has 0 radical (unpaired) electrons. The molecule has 0 amide bonds. The Bertz CT molecular complexity index is 393. The van der Waals surface area contributed by atoms with Crippen LogP contribution in [0.1, 0.15) is 45.9 Å². The van der Waals surface area contributed by atoms with Crippen molar-refractivity contribution >= 4 is 11.7 Å². The van der Waals surface area contributed by atoms with Crippen LogP contribution < -0.4 is 0 Å². The van der Waals surface area contributed by atoms with Gasteiger partial charge in [-0.15, -0.1) is 5.10 Å². The van der Waals surface area contributed by atoms with Gasteiger partial charge >= 0.3 is 5.97 Å². The number of carbonyl (C=O) groups excluding carboxylic acids is 1. The zero-order valence-corrected chi connectivity index (χ0v) is 10.4. The Morgan fingerprint density at radius 1 is 1.53 bits per heavy atom.